The number of sulfonamides is 1. The van der Waals surface area contributed by atoms with Crippen molar-refractivity contribution in [2.75, 3.05) is 16.6 Å². The molecular formula is C27H34N6O6S2. The maximum atomic E-state index is 13.2. The van der Waals surface area contributed by atoms with Gasteiger partial charge in [-0.3, -0.25) is 19.6 Å². The van der Waals surface area contributed by atoms with Crippen LogP contribution in [-0.2, 0) is 21.2 Å². The van der Waals surface area contributed by atoms with Gasteiger partial charge in [-0.2, -0.15) is 0 Å². The molecule has 0 unspecified atom stereocenters. The summed E-state index contributed by atoms with van der Waals surface area (Å²) < 4.78 is 28.8. The van der Waals surface area contributed by atoms with Gasteiger partial charge in [0, 0.05) is 11.3 Å². The quantitative estimate of drug-likeness (QED) is 0.107. The molecule has 220 valence electrons. The lowest BCUT2D eigenvalue weighted by Gasteiger charge is -2.16. The first-order chi connectivity index (χ1) is 19.4. The lowest BCUT2D eigenvalue weighted by Crippen LogP contribution is -2.46. The minimum Gasteiger partial charge on any atom is -0.480 e. The van der Waals surface area contributed by atoms with E-state index in [0.717, 1.165) is 28.9 Å². The Hall–Kier alpha value is -3.82. The number of nitrogens with two attached hydrogens (primary N) is 2. The lowest BCUT2D eigenvalue weighted by atomic mass is 10.1. The van der Waals surface area contributed by atoms with E-state index in [0.29, 0.717) is 18.7 Å². The van der Waals surface area contributed by atoms with Crippen LogP contribution in [0.15, 0.2) is 58.8 Å². The molecule has 2 aromatic carbocycles. The molecule has 0 aliphatic carbocycles. The SMILES string of the molecule is CCc1cc(NC(=O)c2cccc(S(=O)(=O)Nc3ccsc3C(=O)N[C@@H](CCCNC(N)N)C(=O)O)c2)ccc1C. The van der Waals surface area contributed by atoms with Crippen LogP contribution < -0.4 is 32.1 Å². The predicted molar refractivity (Wildman–Crippen MR) is 158 cm³/mol. The molecule has 1 heterocycles. The highest BCUT2D eigenvalue weighted by Gasteiger charge is 2.25. The number of thiophene rings is 1. The van der Waals surface area contributed by atoms with Crippen molar-refractivity contribution in [2.24, 2.45) is 11.5 Å². The number of benzene rings is 2. The summed E-state index contributed by atoms with van der Waals surface area (Å²) in [7, 11) is -4.21. The normalized spacial score (nSPS) is 12.1. The van der Waals surface area contributed by atoms with E-state index in [1.165, 1.54) is 35.7 Å². The average Bonchev–Trinajstić information content (AvgIpc) is 3.38. The van der Waals surface area contributed by atoms with Gasteiger partial charge in [0.2, 0.25) is 0 Å². The Morgan fingerprint density at radius 1 is 1.05 bits per heavy atom. The Kier molecular flexibility index (Phi) is 11.0. The number of aryl methyl sites for hydroxylation is 2. The van der Waals surface area contributed by atoms with E-state index in [4.69, 9.17) is 11.5 Å². The molecule has 0 spiro atoms. The topological polar surface area (TPSA) is 206 Å². The summed E-state index contributed by atoms with van der Waals surface area (Å²) in [4.78, 5) is 37.2. The van der Waals surface area contributed by atoms with E-state index in [1.54, 1.807) is 6.07 Å². The van der Waals surface area contributed by atoms with Gasteiger partial charge in [-0.05, 0) is 85.6 Å². The maximum Gasteiger partial charge on any atom is 0.326 e. The summed E-state index contributed by atoms with van der Waals surface area (Å²) in [6, 6.07) is 11.3. The third kappa shape index (κ3) is 8.83. The van der Waals surface area contributed by atoms with E-state index < -0.39 is 40.1 Å². The molecule has 0 radical (unpaired) electrons. The highest BCUT2D eigenvalue weighted by atomic mass is 32.2. The first-order valence-electron chi connectivity index (χ1n) is 12.8. The summed E-state index contributed by atoms with van der Waals surface area (Å²) in [6.07, 6.45) is 0.534. The van der Waals surface area contributed by atoms with Crippen LogP contribution in [0, 0.1) is 6.92 Å². The standard InChI is InChI=1S/C27H34N6O6S2/c1-3-17-14-19(10-9-16(17)2)31-24(34)18-6-4-7-20(15-18)41(38,39)33-21-11-13-40-23(21)25(35)32-22(26(36)37)8-5-12-30-27(28)29/h4,6-7,9-11,13-15,22,27,30,33H,3,5,8,12,28-29H2,1-2H3,(H,31,34)(H,32,35)(H,36,37)/t22-/m0/s1. The fraction of sp³-hybridized carbons (Fsp3) is 0.296. The van der Waals surface area contributed by atoms with Crippen LogP contribution in [0.25, 0.3) is 0 Å². The first-order valence-corrected chi connectivity index (χ1v) is 15.2. The van der Waals surface area contributed by atoms with Crippen LogP contribution in [0.4, 0.5) is 11.4 Å². The van der Waals surface area contributed by atoms with Gasteiger partial charge in [0.25, 0.3) is 21.8 Å². The summed E-state index contributed by atoms with van der Waals surface area (Å²) in [5, 5.41) is 19.0. The summed E-state index contributed by atoms with van der Waals surface area (Å²) in [6.45, 7) is 4.35. The third-order valence-electron chi connectivity index (χ3n) is 6.16. The molecule has 0 fully saturated rings. The number of amides is 2. The van der Waals surface area contributed by atoms with Crippen molar-refractivity contribution >= 4 is 50.5 Å². The number of hydrogen-bond donors (Lipinski definition) is 7. The van der Waals surface area contributed by atoms with E-state index in [9.17, 15) is 27.9 Å². The molecule has 1 aromatic heterocycles. The van der Waals surface area contributed by atoms with Gasteiger partial charge >= 0.3 is 5.97 Å². The highest BCUT2D eigenvalue weighted by Crippen LogP contribution is 2.26. The molecule has 0 aliphatic heterocycles. The molecule has 41 heavy (non-hydrogen) atoms. The number of carboxylic acid groups (broad SMARTS) is 1. The van der Waals surface area contributed by atoms with Crippen molar-refractivity contribution in [3.05, 3.63) is 75.5 Å². The first kappa shape index (κ1) is 31.7. The van der Waals surface area contributed by atoms with Crippen molar-refractivity contribution in [1.82, 2.24) is 10.6 Å². The van der Waals surface area contributed by atoms with Crippen LogP contribution in [-0.4, -0.2) is 50.2 Å². The average molecular weight is 603 g/mol. The summed E-state index contributed by atoms with van der Waals surface area (Å²) in [5.74, 6) is -2.46. The molecule has 9 N–H and O–H groups in total. The second-order valence-electron chi connectivity index (χ2n) is 9.23. The molecule has 0 saturated carbocycles. The molecule has 1 atom stereocenters. The largest absolute Gasteiger partial charge is 0.480 e. The number of carbonyl (C=O) groups excluding carboxylic acids is 2. The zero-order valence-corrected chi connectivity index (χ0v) is 24.3. The lowest BCUT2D eigenvalue weighted by molar-refractivity contribution is -0.139. The number of hydrogen-bond acceptors (Lipinski definition) is 9. The van der Waals surface area contributed by atoms with E-state index in [1.807, 2.05) is 26.0 Å². The van der Waals surface area contributed by atoms with Gasteiger partial charge in [-0.15, -0.1) is 11.3 Å². The third-order valence-corrected chi connectivity index (χ3v) is 8.44. The maximum absolute atomic E-state index is 13.2. The van der Waals surface area contributed by atoms with Crippen LogP contribution in [0.1, 0.15) is 50.9 Å². The Balaban J connectivity index is 1.72. The summed E-state index contributed by atoms with van der Waals surface area (Å²) >= 11 is 0.951. The van der Waals surface area contributed by atoms with Crippen molar-refractivity contribution in [3.63, 3.8) is 0 Å². The molecule has 14 heteroatoms. The fourth-order valence-corrected chi connectivity index (χ4v) is 5.90. The smallest absolute Gasteiger partial charge is 0.326 e. The molecule has 0 aliphatic rings. The van der Waals surface area contributed by atoms with Crippen LogP contribution in [0.2, 0.25) is 0 Å². The zero-order valence-electron chi connectivity index (χ0n) is 22.6. The minimum absolute atomic E-state index is 0.0121. The number of rotatable bonds is 14. The second kappa shape index (κ2) is 14.2. The predicted octanol–water partition coefficient (Wildman–Crippen LogP) is 2.43. The second-order valence-corrected chi connectivity index (χ2v) is 11.8. The highest BCUT2D eigenvalue weighted by molar-refractivity contribution is 7.92. The zero-order chi connectivity index (χ0) is 30.2. The van der Waals surface area contributed by atoms with Crippen molar-refractivity contribution in [2.45, 2.75) is 50.3 Å². The van der Waals surface area contributed by atoms with Gasteiger partial charge in [0.15, 0.2) is 0 Å². The number of aliphatic carboxylic acids is 1. The summed E-state index contributed by atoms with van der Waals surface area (Å²) in [5.41, 5.74) is 13.7. The van der Waals surface area contributed by atoms with Crippen molar-refractivity contribution in [3.8, 4) is 0 Å². The van der Waals surface area contributed by atoms with Crippen molar-refractivity contribution in [1.29, 1.82) is 0 Å². The fourth-order valence-electron chi connectivity index (χ4n) is 3.96. The molecule has 12 nitrogen and oxygen atoms in total. The van der Waals surface area contributed by atoms with Gasteiger partial charge in [-0.1, -0.05) is 19.1 Å². The van der Waals surface area contributed by atoms with Crippen molar-refractivity contribution < 1.29 is 27.9 Å². The molecule has 3 aromatic rings. The van der Waals surface area contributed by atoms with E-state index in [-0.39, 0.29) is 27.4 Å². The number of anilines is 2. The van der Waals surface area contributed by atoms with Gasteiger partial charge in [0.1, 0.15) is 17.2 Å². The van der Waals surface area contributed by atoms with Gasteiger partial charge in [-0.25, -0.2) is 13.2 Å². The van der Waals surface area contributed by atoms with E-state index >= 15 is 0 Å². The van der Waals surface area contributed by atoms with Crippen LogP contribution in [0.3, 0.4) is 0 Å². The number of nitrogens with one attached hydrogen (secondary N) is 4. The van der Waals surface area contributed by atoms with E-state index in [2.05, 4.69) is 20.7 Å². The number of carbonyl (C=O) groups is 3. The molecule has 0 saturated heterocycles. The monoisotopic (exact) mass is 602 g/mol. The van der Waals surface area contributed by atoms with Crippen LogP contribution >= 0.6 is 11.3 Å². The van der Waals surface area contributed by atoms with Gasteiger partial charge < -0.3 is 27.2 Å². The van der Waals surface area contributed by atoms with Crippen LogP contribution in [0.5, 0.6) is 0 Å². The Morgan fingerprint density at radius 3 is 2.49 bits per heavy atom. The Morgan fingerprint density at radius 2 is 1.80 bits per heavy atom. The molecule has 2 amide bonds. The number of carboxylic acids is 1. The Labute approximate surface area is 242 Å². The van der Waals surface area contributed by atoms with Gasteiger partial charge in [0.05, 0.1) is 10.6 Å². The molecule has 3 rings (SSSR count). The molecule has 0 bridgehead atoms. The molecular weight excluding hydrogens is 568 g/mol. The Bertz CT molecular complexity index is 1510. The minimum atomic E-state index is -4.21.